The molecule has 2 unspecified atom stereocenters. The maximum Gasteiger partial charge on any atom is 0.255 e. The van der Waals surface area contributed by atoms with Crippen LogP contribution >= 0.6 is 0 Å². The summed E-state index contributed by atoms with van der Waals surface area (Å²) in [6.45, 7) is 8.64. The lowest BCUT2D eigenvalue weighted by molar-refractivity contribution is 0.0145. The van der Waals surface area contributed by atoms with E-state index in [4.69, 9.17) is 5.73 Å². The van der Waals surface area contributed by atoms with Crippen LogP contribution in [0.2, 0.25) is 0 Å². The number of amides is 1. The molecule has 5 nitrogen and oxygen atoms in total. The number of carbonyl (C=O) groups is 2. The molecule has 1 aliphatic rings. The van der Waals surface area contributed by atoms with E-state index in [9.17, 15) is 14.7 Å². The number of phenolic OH excluding ortho intramolecular Hbond substituents is 1. The number of rotatable bonds is 4. The Morgan fingerprint density at radius 2 is 2.08 bits per heavy atom. The third-order valence-corrected chi connectivity index (χ3v) is 6.17. The van der Waals surface area contributed by atoms with E-state index in [1.807, 2.05) is 0 Å². The number of nitrogens with one attached hydrogen (secondary N) is 1. The van der Waals surface area contributed by atoms with Gasteiger partial charge in [-0.25, -0.2) is 0 Å². The van der Waals surface area contributed by atoms with Gasteiger partial charge >= 0.3 is 0 Å². The number of hydrogen-bond acceptors (Lipinski definition) is 4. The molecule has 1 aromatic rings. The summed E-state index contributed by atoms with van der Waals surface area (Å²) in [7, 11) is 0. The summed E-state index contributed by atoms with van der Waals surface area (Å²) in [6.07, 6.45) is 4.66. The Morgan fingerprint density at radius 3 is 2.67 bits per heavy atom. The van der Waals surface area contributed by atoms with Gasteiger partial charge in [-0.15, -0.1) is 0 Å². The molecule has 1 aliphatic carbocycles. The Labute approximate surface area is 143 Å². The van der Waals surface area contributed by atoms with E-state index in [-0.39, 0.29) is 39.4 Å². The van der Waals surface area contributed by atoms with Gasteiger partial charge in [0.15, 0.2) is 6.29 Å². The van der Waals surface area contributed by atoms with Crippen LogP contribution in [0.1, 0.15) is 74.1 Å². The highest BCUT2D eigenvalue weighted by molar-refractivity contribution is 6.01. The molecule has 4 N–H and O–H groups in total. The Kier molecular flexibility index (Phi) is 4.92. The summed E-state index contributed by atoms with van der Waals surface area (Å²) in [5, 5.41) is 13.3. The molecule has 0 heterocycles. The molecule has 132 valence electrons. The van der Waals surface area contributed by atoms with Crippen LogP contribution in [0.15, 0.2) is 12.1 Å². The number of phenols is 1. The quantitative estimate of drug-likeness (QED) is 0.581. The van der Waals surface area contributed by atoms with Crippen LogP contribution in [0.25, 0.3) is 0 Å². The van der Waals surface area contributed by atoms with Gasteiger partial charge in [-0.2, -0.15) is 0 Å². The van der Waals surface area contributed by atoms with Gasteiger partial charge in [-0.05, 0) is 43.2 Å². The topological polar surface area (TPSA) is 92.4 Å². The Bertz CT molecular complexity index is 654. The van der Waals surface area contributed by atoms with Gasteiger partial charge in [-0.3, -0.25) is 9.59 Å². The number of aldehydes is 1. The SMILES string of the molecule is CCC1CCCC(C)(NC(=O)c2ccc(N)c(C=O)c2O)C1(C)C. The van der Waals surface area contributed by atoms with Crippen LogP contribution in [0, 0.1) is 11.3 Å². The lowest BCUT2D eigenvalue weighted by Crippen LogP contribution is -2.60. The minimum Gasteiger partial charge on any atom is -0.506 e. The predicted octanol–water partition coefficient (Wildman–Crippen LogP) is 3.51. The van der Waals surface area contributed by atoms with Crippen molar-refractivity contribution in [3.63, 3.8) is 0 Å². The fraction of sp³-hybridized carbons (Fsp3) is 0.579. The van der Waals surface area contributed by atoms with E-state index >= 15 is 0 Å². The molecule has 5 heteroatoms. The van der Waals surface area contributed by atoms with Gasteiger partial charge in [-0.1, -0.05) is 33.6 Å². The smallest absolute Gasteiger partial charge is 0.255 e. The highest BCUT2D eigenvalue weighted by Crippen LogP contribution is 2.49. The van der Waals surface area contributed by atoms with E-state index in [0.717, 1.165) is 25.7 Å². The minimum atomic E-state index is -0.377. The third kappa shape index (κ3) is 2.87. The molecule has 2 atom stereocenters. The van der Waals surface area contributed by atoms with Gasteiger partial charge in [0.1, 0.15) is 5.75 Å². The van der Waals surface area contributed by atoms with Gasteiger partial charge in [0, 0.05) is 11.2 Å². The maximum atomic E-state index is 12.8. The van der Waals surface area contributed by atoms with Gasteiger partial charge < -0.3 is 16.2 Å². The van der Waals surface area contributed by atoms with Crippen molar-refractivity contribution in [3.05, 3.63) is 23.3 Å². The number of nitrogen functional groups attached to an aromatic ring is 1. The van der Waals surface area contributed by atoms with Crippen LogP contribution in [0.5, 0.6) is 5.75 Å². The first-order valence-corrected chi connectivity index (χ1v) is 8.57. The summed E-state index contributed by atoms with van der Waals surface area (Å²) in [6, 6.07) is 2.94. The molecule has 1 amide bonds. The zero-order valence-electron chi connectivity index (χ0n) is 15.0. The predicted molar refractivity (Wildman–Crippen MR) is 95.2 cm³/mol. The average molecular weight is 332 g/mol. The Morgan fingerprint density at radius 1 is 1.42 bits per heavy atom. The Hall–Kier alpha value is -2.04. The number of hydrogen-bond donors (Lipinski definition) is 3. The van der Waals surface area contributed by atoms with Gasteiger partial charge in [0.25, 0.3) is 5.91 Å². The molecule has 0 radical (unpaired) electrons. The summed E-state index contributed by atoms with van der Waals surface area (Å²) in [5.74, 6) is -0.197. The maximum absolute atomic E-state index is 12.8. The highest BCUT2D eigenvalue weighted by Gasteiger charge is 2.48. The summed E-state index contributed by atoms with van der Waals surface area (Å²) in [4.78, 5) is 23.9. The van der Waals surface area contributed by atoms with Crippen molar-refractivity contribution >= 4 is 17.9 Å². The highest BCUT2D eigenvalue weighted by atomic mass is 16.3. The van der Waals surface area contributed by atoms with Crippen LogP contribution < -0.4 is 11.1 Å². The van der Waals surface area contributed by atoms with Crippen LogP contribution in [0.3, 0.4) is 0 Å². The molecule has 0 aromatic heterocycles. The van der Waals surface area contributed by atoms with Crippen molar-refractivity contribution in [1.82, 2.24) is 5.32 Å². The largest absolute Gasteiger partial charge is 0.506 e. The summed E-state index contributed by atoms with van der Waals surface area (Å²) >= 11 is 0. The van der Waals surface area contributed by atoms with Crippen molar-refractivity contribution in [2.24, 2.45) is 11.3 Å². The number of anilines is 1. The van der Waals surface area contributed by atoms with Gasteiger partial charge in [0.2, 0.25) is 0 Å². The second kappa shape index (κ2) is 6.46. The first kappa shape index (κ1) is 18.3. The fourth-order valence-corrected chi connectivity index (χ4v) is 4.02. The molecule has 1 aromatic carbocycles. The molecule has 1 saturated carbocycles. The molecule has 0 aliphatic heterocycles. The summed E-state index contributed by atoms with van der Waals surface area (Å²) in [5.41, 5.74) is 5.43. The van der Waals surface area contributed by atoms with Crippen LogP contribution in [-0.4, -0.2) is 22.8 Å². The van der Waals surface area contributed by atoms with Crippen LogP contribution in [-0.2, 0) is 0 Å². The number of nitrogens with two attached hydrogens (primary N) is 1. The molecule has 0 bridgehead atoms. The van der Waals surface area contributed by atoms with E-state index in [1.54, 1.807) is 0 Å². The van der Waals surface area contributed by atoms with Crippen molar-refractivity contribution in [2.75, 3.05) is 5.73 Å². The van der Waals surface area contributed by atoms with E-state index in [2.05, 4.69) is 33.0 Å². The normalized spacial score (nSPS) is 25.9. The molecule has 0 saturated heterocycles. The zero-order valence-corrected chi connectivity index (χ0v) is 15.0. The molecule has 1 fully saturated rings. The van der Waals surface area contributed by atoms with Crippen LogP contribution in [0.4, 0.5) is 5.69 Å². The Balaban J connectivity index is 2.34. The van der Waals surface area contributed by atoms with E-state index in [0.29, 0.717) is 12.2 Å². The minimum absolute atomic E-state index is 0.0397. The standard InChI is InChI=1S/C19H28N2O3/c1-5-12-7-6-10-19(4,18(12,2)3)21-17(24)13-8-9-15(20)14(11-22)16(13)23/h8-9,11-12,23H,5-7,10,20H2,1-4H3,(H,21,24). The fourth-order valence-electron chi connectivity index (χ4n) is 4.02. The lowest BCUT2D eigenvalue weighted by Gasteiger charge is -2.53. The number of aromatic hydroxyl groups is 1. The van der Waals surface area contributed by atoms with Crippen molar-refractivity contribution in [1.29, 1.82) is 0 Å². The average Bonchev–Trinajstić information content (AvgIpc) is 2.50. The van der Waals surface area contributed by atoms with Crippen molar-refractivity contribution < 1.29 is 14.7 Å². The number of carbonyl (C=O) groups excluding carboxylic acids is 2. The molecular weight excluding hydrogens is 304 g/mol. The molecule has 2 rings (SSSR count). The monoisotopic (exact) mass is 332 g/mol. The first-order valence-electron chi connectivity index (χ1n) is 8.57. The van der Waals surface area contributed by atoms with E-state index in [1.165, 1.54) is 12.1 Å². The summed E-state index contributed by atoms with van der Waals surface area (Å²) < 4.78 is 0. The van der Waals surface area contributed by atoms with Crippen molar-refractivity contribution in [2.45, 2.75) is 58.9 Å². The zero-order chi connectivity index (χ0) is 18.1. The third-order valence-electron chi connectivity index (χ3n) is 6.17. The first-order chi connectivity index (χ1) is 11.2. The molecule has 24 heavy (non-hydrogen) atoms. The second-order valence-electron chi connectivity index (χ2n) is 7.59. The molecular formula is C19H28N2O3. The lowest BCUT2D eigenvalue weighted by atomic mass is 9.57. The molecule has 0 spiro atoms. The van der Waals surface area contributed by atoms with Crippen molar-refractivity contribution in [3.8, 4) is 5.75 Å². The number of benzene rings is 1. The van der Waals surface area contributed by atoms with Gasteiger partial charge in [0.05, 0.1) is 11.1 Å². The van der Waals surface area contributed by atoms with E-state index < -0.39 is 0 Å². The second-order valence-corrected chi connectivity index (χ2v) is 7.59.